The summed E-state index contributed by atoms with van der Waals surface area (Å²) < 4.78 is 5.45. The van der Waals surface area contributed by atoms with Gasteiger partial charge in [0.2, 0.25) is 0 Å². The number of rotatable bonds is 4. The Hall–Kier alpha value is -1.33. The van der Waals surface area contributed by atoms with Crippen LogP contribution in [-0.4, -0.2) is 47.2 Å². The van der Waals surface area contributed by atoms with Crippen LogP contribution in [0.15, 0.2) is 10.5 Å². The number of furan rings is 1. The fourth-order valence-corrected chi connectivity index (χ4v) is 4.23. The predicted molar refractivity (Wildman–Crippen MR) is 97.7 cm³/mol. The molecule has 1 saturated heterocycles. The first-order valence-electron chi connectivity index (χ1n) is 9.67. The summed E-state index contributed by atoms with van der Waals surface area (Å²) in [6, 6.07) is 2.01. The summed E-state index contributed by atoms with van der Waals surface area (Å²) in [7, 11) is 0. The van der Waals surface area contributed by atoms with E-state index in [0.29, 0.717) is 11.3 Å². The van der Waals surface area contributed by atoms with E-state index in [0.717, 1.165) is 69.8 Å². The van der Waals surface area contributed by atoms with Gasteiger partial charge in [-0.25, -0.2) is 0 Å². The molecular formula is C20H32N2O3. The van der Waals surface area contributed by atoms with Gasteiger partial charge in [-0.05, 0) is 64.4 Å². The fourth-order valence-electron chi connectivity index (χ4n) is 4.23. The van der Waals surface area contributed by atoms with Crippen LogP contribution in [0.1, 0.15) is 67.3 Å². The van der Waals surface area contributed by atoms with Crippen LogP contribution in [0, 0.1) is 19.8 Å². The molecule has 0 atom stereocenters. The highest BCUT2D eigenvalue weighted by Crippen LogP contribution is 2.33. The monoisotopic (exact) mass is 348 g/mol. The van der Waals surface area contributed by atoms with Gasteiger partial charge in [-0.1, -0.05) is 6.92 Å². The lowest BCUT2D eigenvalue weighted by molar-refractivity contribution is -0.0395. The largest absolute Gasteiger partial charge is 0.466 e. The standard InChI is InChI=1S/C20H32N2O3/c1-14-4-8-20(24,9-5-14)13-22-10-6-17(7-11-22)21-19(23)18-12-15(2)25-16(18)3/h12,14,17,24H,4-11,13H2,1-3H3,(H,21,23). The van der Waals surface area contributed by atoms with E-state index in [9.17, 15) is 9.90 Å². The van der Waals surface area contributed by atoms with Gasteiger partial charge in [-0.15, -0.1) is 0 Å². The number of hydrogen-bond acceptors (Lipinski definition) is 4. The van der Waals surface area contributed by atoms with Crippen LogP contribution in [0.3, 0.4) is 0 Å². The third kappa shape index (κ3) is 4.64. The van der Waals surface area contributed by atoms with Crippen molar-refractivity contribution in [3.05, 3.63) is 23.2 Å². The van der Waals surface area contributed by atoms with Gasteiger partial charge < -0.3 is 19.7 Å². The summed E-state index contributed by atoms with van der Waals surface area (Å²) in [5.74, 6) is 2.16. The number of nitrogens with zero attached hydrogens (tertiary/aromatic N) is 1. The van der Waals surface area contributed by atoms with Crippen molar-refractivity contribution in [1.82, 2.24) is 10.2 Å². The molecule has 25 heavy (non-hydrogen) atoms. The van der Waals surface area contributed by atoms with E-state index in [4.69, 9.17) is 4.42 Å². The molecule has 1 amide bonds. The third-order valence-electron chi connectivity index (χ3n) is 5.93. The van der Waals surface area contributed by atoms with Crippen molar-refractivity contribution >= 4 is 5.91 Å². The maximum absolute atomic E-state index is 12.4. The van der Waals surface area contributed by atoms with Gasteiger partial charge in [0.15, 0.2) is 0 Å². The van der Waals surface area contributed by atoms with Crippen LogP contribution < -0.4 is 5.32 Å². The van der Waals surface area contributed by atoms with E-state index in [1.165, 1.54) is 0 Å². The van der Waals surface area contributed by atoms with Crippen molar-refractivity contribution in [1.29, 1.82) is 0 Å². The van der Waals surface area contributed by atoms with Crippen molar-refractivity contribution in [3.8, 4) is 0 Å². The van der Waals surface area contributed by atoms with E-state index in [-0.39, 0.29) is 11.9 Å². The molecule has 1 saturated carbocycles. The minimum atomic E-state index is -0.506. The Kier molecular flexibility index (Phi) is 5.54. The number of aliphatic hydroxyl groups is 1. The number of β-amino-alcohol motifs (C(OH)–C–C–N with tert-alkyl or cyclic N) is 1. The molecule has 0 bridgehead atoms. The number of aryl methyl sites for hydroxylation is 2. The van der Waals surface area contributed by atoms with Crippen molar-refractivity contribution in [3.63, 3.8) is 0 Å². The lowest BCUT2D eigenvalue weighted by atomic mass is 9.79. The highest BCUT2D eigenvalue weighted by molar-refractivity contribution is 5.95. The molecule has 2 fully saturated rings. The van der Waals surface area contributed by atoms with Crippen molar-refractivity contribution < 1.29 is 14.3 Å². The van der Waals surface area contributed by atoms with Gasteiger partial charge in [0, 0.05) is 25.7 Å². The number of piperidine rings is 1. The highest BCUT2D eigenvalue weighted by atomic mass is 16.3. The molecule has 1 aromatic heterocycles. The molecule has 0 unspecified atom stereocenters. The lowest BCUT2D eigenvalue weighted by Gasteiger charge is -2.41. The molecular weight excluding hydrogens is 316 g/mol. The van der Waals surface area contributed by atoms with E-state index in [2.05, 4.69) is 17.1 Å². The molecule has 1 aliphatic carbocycles. The zero-order valence-electron chi connectivity index (χ0n) is 15.8. The molecule has 0 spiro atoms. The van der Waals surface area contributed by atoms with Crippen LogP contribution in [0.5, 0.6) is 0 Å². The summed E-state index contributed by atoms with van der Waals surface area (Å²) in [5.41, 5.74) is 0.138. The first-order valence-corrected chi connectivity index (χ1v) is 9.67. The molecule has 2 aliphatic rings. The average molecular weight is 348 g/mol. The molecule has 140 valence electrons. The van der Waals surface area contributed by atoms with Crippen LogP contribution in [0.25, 0.3) is 0 Å². The van der Waals surface area contributed by atoms with Crippen LogP contribution in [0.2, 0.25) is 0 Å². The van der Waals surface area contributed by atoms with Gasteiger partial charge in [0.1, 0.15) is 11.5 Å². The van der Waals surface area contributed by atoms with E-state index < -0.39 is 5.60 Å². The number of carbonyl (C=O) groups excluding carboxylic acids is 1. The molecule has 3 rings (SSSR count). The van der Waals surface area contributed by atoms with Gasteiger partial charge in [0.05, 0.1) is 11.2 Å². The Morgan fingerprint density at radius 2 is 1.92 bits per heavy atom. The molecule has 2 N–H and O–H groups in total. The second-order valence-corrected chi connectivity index (χ2v) is 8.26. The number of amides is 1. The van der Waals surface area contributed by atoms with E-state index in [1.807, 2.05) is 13.8 Å². The predicted octanol–water partition coefficient (Wildman–Crippen LogP) is 3.03. The first-order chi connectivity index (χ1) is 11.8. The van der Waals surface area contributed by atoms with Crippen LogP contribution >= 0.6 is 0 Å². The average Bonchev–Trinajstić information content (AvgIpc) is 2.91. The Bertz CT molecular complexity index is 594. The second kappa shape index (κ2) is 7.50. The molecule has 1 aromatic rings. The second-order valence-electron chi connectivity index (χ2n) is 8.26. The Balaban J connectivity index is 1.46. The number of likely N-dealkylation sites (tertiary alicyclic amines) is 1. The normalized spacial score (nSPS) is 28.9. The van der Waals surface area contributed by atoms with Gasteiger partial charge >= 0.3 is 0 Å². The minimum Gasteiger partial charge on any atom is -0.466 e. The molecule has 1 aliphatic heterocycles. The number of hydrogen-bond donors (Lipinski definition) is 2. The highest BCUT2D eigenvalue weighted by Gasteiger charge is 2.34. The van der Waals surface area contributed by atoms with Gasteiger partial charge in [-0.2, -0.15) is 0 Å². The van der Waals surface area contributed by atoms with E-state index in [1.54, 1.807) is 6.07 Å². The summed E-state index contributed by atoms with van der Waals surface area (Å²) >= 11 is 0. The molecule has 2 heterocycles. The SMILES string of the molecule is Cc1cc(C(=O)NC2CCN(CC3(O)CCC(C)CC3)CC2)c(C)o1. The fraction of sp³-hybridized carbons (Fsp3) is 0.750. The molecule has 5 nitrogen and oxygen atoms in total. The summed E-state index contributed by atoms with van der Waals surface area (Å²) in [5, 5.41) is 14.0. The molecule has 0 radical (unpaired) electrons. The van der Waals surface area contributed by atoms with Crippen LogP contribution in [-0.2, 0) is 0 Å². The Morgan fingerprint density at radius 3 is 2.48 bits per heavy atom. The van der Waals surface area contributed by atoms with Crippen molar-refractivity contribution in [2.75, 3.05) is 19.6 Å². The van der Waals surface area contributed by atoms with Gasteiger partial charge in [-0.3, -0.25) is 4.79 Å². The lowest BCUT2D eigenvalue weighted by Crippen LogP contribution is -2.50. The topological polar surface area (TPSA) is 65.7 Å². The Labute approximate surface area is 150 Å². The minimum absolute atomic E-state index is 0.0345. The quantitative estimate of drug-likeness (QED) is 0.878. The van der Waals surface area contributed by atoms with E-state index >= 15 is 0 Å². The summed E-state index contributed by atoms with van der Waals surface area (Å²) in [6.07, 6.45) is 5.98. The number of carbonyl (C=O) groups is 1. The Morgan fingerprint density at radius 1 is 1.28 bits per heavy atom. The maximum Gasteiger partial charge on any atom is 0.255 e. The van der Waals surface area contributed by atoms with Crippen LogP contribution in [0.4, 0.5) is 0 Å². The first kappa shape index (κ1) is 18.5. The summed E-state index contributed by atoms with van der Waals surface area (Å²) in [6.45, 7) is 8.62. The summed E-state index contributed by atoms with van der Waals surface area (Å²) in [4.78, 5) is 14.8. The number of nitrogens with one attached hydrogen (secondary N) is 1. The van der Waals surface area contributed by atoms with Gasteiger partial charge in [0.25, 0.3) is 5.91 Å². The van der Waals surface area contributed by atoms with Crippen molar-refractivity contribution in [2.45, 2.75) is 70.9 Å². The van der Waals surface area contributed by atoms with Crippen molar-refractivity contribution in [2.24, 2.45) is 5.92 Å². The smallest absolute Gasteiger partial charge is 0.255 e. The molecule has 0 aromatic carbocycles. The maximum atomic E-state index is 12.4. The zero-order valence-corrected chi connectivity index (χ0v) is 15.8. The third-order valence-corrected chi connectivity index (χ3v) is 5.93. The zero-order chi connectivity index (χ0) is 18.0. The molecule has 5 heteroatoms.